The van der Waals surface area contributed by atoms with Gasteiger partial charge in [-0.1, -0.05) is 64.4 Å². The van der Waals surface area contributed by atoms with Gasteiger partial charge in [0.05, 0.1) is 19.3 Å². The quantitative estimate of drug-likeness (QED) is 0.758. The molecule has 1 N–H and O–H groups in total. The molecule has 0 saturated heterocycles. The molecule has 0 aliphatic carbocycles. The smallest absolute Gasteiger partial charge is 0.143 e. The first kappa shape index (κ1) is 17.9. The molecule has 21 heavy (non-hydrogen) atoms. The molecule has 0 spiro atoms. The maximum Gasteiger partial charge on any atom is 0.143 e. The van der Waals surface area contributed by atoms with Crippen molar-refractivity contribution in [1.29, 1.82) is 0 Å². The van der Waals surface area contributed by atoms with Crippen molar-refractivity contribution in [2.45, 2.75) is 46.8 Å². The van der Waals surface area contributed by atoms with Crippen LogP contribution in [0.3, 0.4) is 0 Å². The molecule has 0 aliphatic heterocycles. The highest BCUT2D eigenvalue weighted by Gasteiger charge is 2.29. The van der Waals surface area contributed by atoms with Crippen LogP contribution < -0.4 is 0 Å². The highest BCUT2D eigenvalue weighted by Crippen LogP contribution is 2.20. The Labute approximate surface area is 128 Å². The number of hydrogen-bond acceptors (Lipinski definition) is 3. The first-order valence-corrected chi connectivity index (χ1v) is 7.80. The summed E-state index contributed by atoms with van der Waals surface area (Å²) < 4.78 is 5.62. The maximum atomic E-state index is 12.3. The number of hydrogen-bond donors (Lipinski definition) is 1. The van der Waals surface area contributed by atoms with Crippen LogP contribution in [0.2, 0.25) is 0 Å². The lowest BCUT2D eigenvalue weighted by molar-refractivity contribution is -0.132. The summed E-state index contributed by atoms with van der Waals surface area (Å²) in [5, 5.41) is 10.1. The number of aliphatic hydroxyl groups excluding tert-OH is 1. The van der Waals surface area contributed by atoms with E-state index < -0.39 is 6.10 Å². The summed E-state index contributed by atoms with van der Waals surface area (Å²) in [4.78, 5) is 12.3. The van der Waals surface area contributed by atoms with E-state index in [2.05, 4.69) is 0 Å². The third kappa shape index (κ3) is 5.60. The molecule has 0 amide bonds. The monoisotopic (exact) mass is 292 g/mol. The summed E-state index contributed by atoms with van der Waals surface area (Å²) in [6, 6.07) is 9.91. The predicted octanol–water partition coefficient (Wildman–Crippen LogP) is 3.45. The number of rotatable bonds is 9. The first-order valence-electron chi connectivity index (χ1n) is 7.80. The number of Topliss-reactive ketones (excluding diaryl/α,β-unsaturated/α-hetero) is 1. The van der Waals surface area contributed by atoms with Gasteiger partial charge < -0.3 is 9.84 Å². The van der Waals surface area contributed by atoms with E-state index in [0.717, 1.165) is 12.0 Å². The van der Waals surface area contributed by atoms with Crippen molar-refractivity contribution in [3.63, 3.8) is 0 Å². The van der Waals surface area contributed by atoms with E-state index in [0.29, 0.717) is 13.2 Å². The van der Waals surface area contributed by atoms with Gasteiger partial charge in [0.15, 0.2) is 0 Å². The minimum atomic E-state index is -0.570. The number of carbonyl (C=O) groups is 1. The first-order chi connectivity index (χ1) is 9.97. The number of ketones is 1. The molecule has 0 fully saturated rings. The fourth-order valence-electron chi connectivity index (χ4n) is 2.36. The van der Waals surface area contributed by atoms with E-state index in [4.69, 9.17) is 4.74 Å². The van der Waals surface area contributed by atoms with Crippen LogP contribution in [0, 0.1) is 17.8 Å². The van der Waals surface area contributed by atoms with Crippen molar-refractivity contribution in [2.75, 3.05) is 6.61 Å². The van der Waals surface area contributed by atoms with Gasteiger partial charge in [0.1, 0.15) is 5.78 Å². The lowest BCUT2D eigenvalue weighted by Crippen LogP contribution is -2.35. The standard InChI is InChI=1S/C18H28O3/c1-5-13(2)17(19)15(4)18(20)14(3)11-21-12-16-9-7-6-8-10-16/h6-10,13-15,17,19H,5,11-12H2,1-4H3/t13-,14-,15+,17-/m1/s1. The molecule has 118 valence electrons. The molecule has 0 saturated carbocycles. The number of aliphatic hydroxyl groups is 1. The Kier molecular flexibility index (Phi) is 7.62. The van der Waals surface area contributed by atoms with E-state index in [-0.39, 0.29) is 23.5 Å². The number of benzene rings is 1. The molecule has 1 aromatic rings. The lowest BCUT2D eigenvalue weighted by Gasteiger charge is -2.25. The molecular weight excluding hydrogens is 264 g/mol. The van der Waals surface area contributed by atoms with Crippen LogP contribution in [-0.4, -0.2) is 23.6 Å². The van der Waals surface area contributed by atoms with E-state index in [1.165, 1.54) is 0 Å². The zero-order chi connectivity index (χ0) is 15.8. The van der Waals surface area contributed by atoms with Gasteiger partial charge in [0, 0.05) is 11.8 Å². The van der Waals surface area contributed by atoms with Crippen molar-refractivity contribution in [3.8, 4) is 0 Å². The average Bonchev–Trinajstić information content (AvgIpc) is 2.52. The Morgan fingerprint density at radius 3 is 2.38 bits per heavy atom. The summed E-state index contributed by atoms with van der Waals surface area (Å²) in [6.07, 6.45) is 0.302. The summed E-state index contributed by atoms with van der Waals surface area (Å²) in [6.45, 7) is 8.59. The van der Waals surface area contributed by atoms with Gasteiger partial charge in [-0.15, -0.1) is 0 Å². The fourth-order valence-corrected chi connectivity index (χ4v) is 2.36. The van der Waals surface area contributed by atoms with Crippen molar-refractivity contribution in [3.05, 3.63) is 35.9 Å². The zero-order valence-electron chi connectivity index (χ0n) is 13.6. The topological polar surface area (TPSA) is 46.5 Å². The second kappa shape index (κ2) is 8.96. The molecule has 1 rings (SSSR count). The largest absolute Gasteiger partial charge is 0.392 e. The molecular formula is C18H28O3. The van der Waals surface area contributed by atoms with Gasteiger partial charge in [-0.05, 0) is 11.5 Å². The third-order valence-electron chi connectivity index (χ3n) is 4.15. The molecule has 0 aromatic heterocycles. The van der Waals surface area contributed by atoms with E-state index in [9.17, 15) is 9.90 Å². The molecule has 4 atom stereocenters. The predicted molar refractivity (Wildman–Crippen MR) is 84.9 cm³/mol. The third-order valence-corrected chi connectivity index (χ3v) is 4.15. The van der Waals surface area contributed by atoms with Crippen LogP contribution >= 0.6 is 0 Å². The van der Waals surface area contributed by atoms with Crippen LogP contribution in [0.15, 0.2) is 30.3 Å². The van der Waals surface area contributed by atoms with E-state index in [1.54, 1.807) is 0 Å². The van der Waals surface area contributed by atoms with Gasteiger partial charge in [0.25, 0.3) is 0 Å². The van der Waals surface area contributed by atoms with Crippen molar-refractivity contribution < 1.29 is 14.6 Å². The highest BCUT2D eigenvalue weighted by molar-refractivity contribution is 5.83. The second-order valence-corrected chi connectivity index (χ2v) is 5.97. The van der Waals surface area contributed by atoms with Gasteiger partial charge >= 0.3 is 0 Å². The Morgan fingerprint density at radius 2 is 1.81 bits per heavy atom. The zero-order valence-corrected chi connectivity index (χ0v) is 13.6. The second-order valence-electron chi connectivity index (χ2n) is 5.97. The molecule has 3 nitrogen and oxygen atoms in total. The van der Waals surface area contributed by atoms with E-state index in [1.807, 2.05) is 58.0 Å². The fraction of sp³-hybridized carbons (Fsp3) is 0.611. The van der Waals surface area contributed by atoms with Gasteiger partial charge in [0.2, 0.25) is 0 Å². The van der Waals surface area contributed by atoms with Gasteiger partial charge in [-0.3, -0.25) is 4.79 Å². The molecule has 0 aliphatic rings. The summed E-state index contributed by atoms with van der Waals surface area (Å²) in [7, 11) is 0. The molecule has 1 aromatic carbocycles. The molecule has 0 bridgehead atoms. The minimum absolute atomic E-state index is 0.0795. The highest BCUT2D eigenvalue weighted by atomic mass is 16.5. The summed E-state index contributed by atoms with van der Waals surface area (Å²) in [5.74, 6) is -0.310. The van der Waals surface area contributed by atoms with Crippen LogP contribution in [0.1, 0.15) is 39.7 Å². The summed E-state index contributed by atoms with van der Waals surface area (Å²) >= 11 is 0. The Morgan fingerprint density at radius 1 is 1.19 bits per heavy atom. The Hall–Kier alpha value is -1.19. The SMILES string of the molecule is CC[C@@H](C)[C@@H](O)[C@H](C)C(=O)[C@H](C)COCc1ccccc1. The Balaban J connectivity index is 2.40. The van der Waals surface area contributed by atoms with Gasteiger partial charge in [-0.25, -0.2) is 0 Å². The van der Waals surface area contributed by atoms with Crippen molar-refractivity contribution in [1.82, 2.24) is 0 Å². The maximum absolute atomic E-state index is 12.3. The molecule has 0 radical (unpaired) electrons. The van der Waals surface area contributed by atoms with Crippen LogP contribution in [0.5, 0.6) is 0 Å². The molecule has 0 unspecified atom stereocenters. The molecule has 3 heteroatoms. The lowest BCUT2D eigenvalue weighted by atomic mass is 9.85. The molecule has 0 heterocycles. The van der Waals surface area contributed by atoms with Crippen LogP contribution in [-0.2, 0) is 16.1 Å². The minimum Gasteiger partial charge on any atom is -0.392 e. The number of ether oxygens (including phenoxy) is 1. The summed E-state index contributed by atoms with van der Waals surface area (Å²) in [5.41, 5.74) is 1.10. The average molecular weight is 292 g/mol. The van der Waals surface area contributed by atoms with Crippen LogP contribution in [0.4, 0.5) is 0 Å². The Bertz CT molecular complexity index is 416. The normalized spacial score (nSPS) is 17.0. The number of carbonyl (C=O) groups excluding carboxylic acids is 1. The van der Waals surface area contributed by atoms with Crippen LogP contribution in [0.25, 0.3) is 0 Å². The van der Waals surface area contributed by atoms with Gasteiger partial charge in [-0.2, -0.15) is 0 Å². The van der Waals surface area contributed by atoms with Crippen molar-refractivity contribution >= 4 is 5.78 Å². The van der Waals surface area contributed by atoms with E-state index >= 15 is 0 Å². The van der Waals surface area contributed by atoms with Crippen molar-refractivity contribution in [2.24, 2.45) is 17.8 Å².